The number of aromatic amines is 1. The molecule has 0 bridgehead atoms. The Morgan fingerprint density at radius 2 is 2.16 bits per heavy atom. The van der Waals surface area contributed by atoms with Gasteiger partial charge in [-0.1, -0.05) is 23.1 Å². The Hall–Kier alpha value is -2.40. The molecule has 0 fully saturated rings. The molecule has 0 aliphatic carbocycles. The predicted molar refractivity (Wildman–Crippen MR) is 96.0 cm³/mol. The number of nitrogens with zero attached hydrogens (tertiary/aromatic N) is 2. The van der Waals surface area contributed by atoms with Crippen LogP contribution in [-0.4, -0.2) is 38.7 Å². The summed E-state index contributed by atoms with van der Waals surface area (Å²) in [5.74, 6) is -0.749. The third-order valence-electron chi connectivity index (χ3n) is 2.65. The second-order valence-electron chi connectivity index (χ2n) is 5.20. The fourth-order valence-electron chi connectivity index (χ4n) is 1.72. The summed E-state index contributed by atoms with van der Waals surface area (Å²) in [6.45, 7) is 5.17. The molecule has 2 heterocycles. The summed E-state index contributed by atoms with van der Waals surface area (Å²) < 4.78 is 5.12. The number of H-pyrrole nitrogens is 1. The highest BCUT2D eigenvalue weighted by atomic mass is 32.2. The molecule has 0 saturated heterocycles. The molecule has 0 saturated carbocycles. The lowest BCUT2D eigenvalue weighted by Gasteiger charge is -2.05. The van der Waals surface area contributed by atoms with Gasteiger partial charge >= 0.3 is 5.97 Å². The van der Waals surface area contributed by atoms with Crippen LogP contribution >= 0.6 is 23.1 Å². The second-order valence-corrected chi connectivity index (χ2v) is 7.16. The van der Waals surface area contributed by atoms with Crippen molar-refractivity contribution in [2.75, 3.05) is 16.8 Å². The number of nitrogens with two attached hydrogens (primary N) is 1. The largest absolute Gasteiger partial charge is 0.459 e. The number of carbonyl (C=O) groups excluding carboxylic acids is 2. The van der Waals surface area contributed by atoms with Gasteiger partial charge in [0.2, 0.25) is 5.91 Å². The Labute approximate surface area is 151 Å². The first kappa shape index (κ1) is 18.9. The van der Waals surface area contributed by atoms with Crippen molar-refractivity contribution in [3.05, 3.63) is 27.0 Å². The molecule has 0 aliphatic heterocycles. The summed E-state index contributed by atoms with van der Waals surface area (Å²) in [6.07, 6.45) is -0.239. The molecule has 0 unspecified atom stereocenters. The van der Waals surface area contributed by atoms with E-state index in [1.165, 1.54) is 0 Å². The standard InChI is InChI=1S/C14H17N5O4S2/c1-6(2)23-12(22)11-7(3)16-14(25-11)19-10(21)5-24-13-17-8(15)4-9(20)18-13/h4,6H,5H2,1-3H3,(H,16,19,21)(H3,15,17,18,20). The zero-order valence-corrected chi connectivity index (χ0v) is 15.4. The molecule has 0 aliphatic rings. The lowest BCUT2D eigenvalue weighted by molar-refractivity contribution is -0.113. The number of aromatic nitrogens is 3. The third-order valence-corrected chi connectivity index (χ3v) is 4.58. The second kappa shape index (κ2) is 8.12. The molecule has 11 heteroatoms. The van der Waals surface area contributed by atoms with Crippen LogP contribution in [0.1, 0.15) is 29.2 Å². The SMILES string of the molecule is Cc1nc(NC(=O)CSc2nc(N)cc(=O)[nH]2)sc1C(=O)OC(C)C. The zero-order valence-electron chi connectivity index (χ0n) is 13.8. The van der Waals surface area contributed by atoms with Crippen LogP contribution in [0.5, 0.6) is 0 Å². The lowest BCUT2D eigenvalue weighted by Crippen LogP contribution is -2.15. The number of rotatable bonds is 6. The van der Waals surface area contributed by atoms with Gasteiger partial charge in [-0.25, -0.2) is 14.8 Å². The van der Waals surface area contributed by atoms with Crippen molar-refractivity contribution in [1.82, 2.24) is 15.0 Å². The number of aryl methyl sites for hydroxylation is 1. The van der Waals surface area contributed by atoms with E-state index in [1.54, 1.807) is 20.8 Å². The van der Waals surface area contributed by atoms with Crippen LogP contribution < -0.4 is 16.6 Å². The highest BCUT2D eigenvalue weighted by Crippen LogP contribution is 2.24. The number of amides is 1. The Morgan fingerprint density at radius 3 is 2.80 bits per heavy atom. The van der Waals surface area contributed by atoms with Crippen LogP contribution in [0.15, 0.2) is 16.0 Å². The Morgan fingerprint density at radius 1 is 1.44 bits per heavy atom. The van der Waals surface area contributed by atoms with Gasteiger partial charge in [0.15, 0.2) is 10.3 Å². The molecule has 2 rings (SSSR count). The van der Waals surface area contributed by atoms with Gasteiger partial charge in [-0.15, -0.1) is 0 Å². The molecule has 0 spiro atoms. The number of anilines is 2. The number of hydrogen-bond donors (Lipinski definition) is 3. The average molecular weight is 383 g/mol. The maximum atomic E-state index is 12.0. The summed E-state index contributed by atoms with van der Waals surface area (Å²) >= 11 is 2.07. The first-order valence-electron chi connectivity index (χ1n) is 7.22. The fourth-order valence-corrected chi connectivity index (χ4v) is 3.27. The molecule has 0 radical (unpaired) electrons. The number of thiazole rings is 1. The molecule has 0 atom stereocenters. The summed E-state index contributed by atoms with van der Waals surface area (Å²) in [6, 6.07) is 1.15. The van der Waals surface area contributed by atoms with Crippen molar-refractivity contribution in [3.63, 3.8) is 0 Å². The Balaban J connectivity index is 1.96. The van der Waals surface area contributed by atoms with E-state index in [9.17, 15) is 14.4 Å². The van der Waals surface area contributed by atoms with Gasteiger partial charge < -0.3 is 20.8 Å². The monoisotopic (exact) mass is 383 g/mol. The number of ether oxygens (including phenoxy) is 1. The number of carbonyl (C=O) groups is 2. The lowest BCUT2D eigenvalue weighted by atomic mass is 10.4. The smallest absolute Gasteiger partial charge is 0.350 e. The predicted octanol–water partition coefficient (Wildman–Crippen LogP) is 1.41. The highest BCUT2D eigenvalue weighted by molar-refractivity contribution is 7.99. The van der Waals surface area contributed by atoms with E-state index in [0.717, 1.165) is 29.2 Å². The fraction of sp³-hybridized carbons (Fsp3) is 0.357. The average Bonchev–Trinajstić information content (AvgIpc) is 2.84. The van der Waals surface area contributed by atoms with Crippen molar-refractivity contribution in [2.24, 2.45) is 0 Å². The van der Waals surface area contributed by atoms with E-state index in [1.807, 2.05) is 0 Å². The summed E-state index contributed by atoms with van der Waals surface area (Å²) in [5, 5.41) is 3.15. The van der Waals surface area contributed by atoms with E-state index in [-0.39, 0.29) is 34.3 Å². The Kier molecular flexibility index (Phi) is 6.15. The summed E-state index contributed by atoms with van der Waals surface area (Å²) in [5.41, 5.74) is 5.57. The Bertz CT molecular complexity index is 846. The van der Waals surface area contributed by atoms with E-state index < -0.39 is 5.97 Å². The van der Waals surface area contributed by atoms with E-state index in [4.69, 9.17) is 10.5 Å². The minimum absolute atomic E-state index is 0.00318. The topological polar surface area (TPSA) is 140 Å². The van der Waals surface area contributed by atoms with Crippen molar-refractivity contribution in [2.45, 2.75) is 32.0 Å². The van der Waals surface area contributed by atoms with Crippen LogP contribution in [-0.2, 0) is 9.53 Å². The number of nitrogen functional groups attached to an aromatic ring is 1. The minimum Gasteiger partial charge on any atom is -0.459 e. The molecule has 2 aromatic heterocycles. The highest BCUT2D eigenvalue weighted by Gasteiger charge is 2.19. The number of thioether (sulfide) groups is 1. The van der Waals surface area contributed by atoms with Gasteiger partial charge in [-0.3, -0.25) is 9.59 Å². The van der Waals surface area contributed by atoms with Crippen molar-refractivity contribution < 1.29 is 14.3 Å². The van der Waals surface area contributed by atoms with Crippen molar-refractivity contribution >= 4 is 45.9 Å². The normalized spacial score (nSPS) is 10.7. The van der Waals surface area contributed by atoms with Gasteiger partial charge in [-0.2, -0.15) is 0 Å². The van der Waals surface area contributed by atoms with E-state index in [0.29, 0.717) is 15.7 Å². The molecule has 4 N–H and O–H groups in total. The third kappa shape index (κ3) is 5.57. The minimum atomic E-state index is -0.471. The van der Waals surface area contributed by atoms with Crippen molar-refractivity contribution in [1.29, 1.82) is 0 Å². The van der Waals surface area contributed by atoms with E-state index >= 15 is 0 Å². The maximum Gasteiger partial charge on any atom is 0.350 e. The number of esters is 1. The quantitative estimate of drug-likeness (QED) is 0.386. The van der Waals surface area contributed by atoms with Crippen molar-refractivity contribution in [3.8, 4) is 0 Å². The zero-order chi connectivity index (χ0) is 18.6. The molecule has 134 valence electrons. The number of hydrogen-bond acceptors (Lipinski definition) is 9. The van der Waals surface area contributed by atoms with Crippen LogP contribution in [0.4, 0.5) is 10.9 Å². The molecular formula is C14H17N5O4S2. The number of nitrogens with one attached hydrogen (secondary N) is 2. The van der Waals surface area contributed by atoms with Gasteiger partial charge in [-0.05, 0) is 20.8 Å². The van der Waals surface area contributed by atoms with Crippen LogP contribution in [0, 0.1) is 6.92 Å². The molecular weight excluding hydrogens is 366 g/mol. The first-order valence-corrected chi connectivity index (χ1v) is 9.02. The first-order chi connectivity index (χ1) is 11.7. The molecule has 9 nitrogen and oxygen atoms in total. The maximum absolute atomic E-state index is 12.0. The molecule has 0 aromatic carbocycles. The van der Waals surface area contributed by atoms with E-state index in [2.05, 4.69) is 20.3 Å². The molecule has 1 amide bonds. The summed E-state index contributed by atoms with van der Waals surface area (Å²) in [4.78, 5) is 46.1. The van der Waals surface area contributed by atoms with Gasteiger partial charge in [0, 0.05) is 6.07 Å². The van der Waals surface area contributed by atoms with Crippen LogP contribution in [0.25, 0.3) is 0 Å². The van der Waals surface area contributed by atoms with Gasteiger partial charge in [0.25, 0.3) is 5.56 Å². The molecule has 2 aromatic rings. The van der Waals surface area contributed by atoms with Crippen LogP contribution in [0.2, 0.25) is 0 Å². The van der Waals surface area contributed by atoms with Gasteiger partial charge in [0.05, 0.1) is 17.6 Å². The molecule has 25 heavy (non-hydrogen) atoms. The van der Waals surface area contributed by atoms with Crippen LogP contribution in [0.3, 0.4) is 0 Å². The summed E-state index contributed by atoms with van der Waals surface area (Å²) in [7, 11) is 0. The van der Waals surface area contributed by atoms with Gasteiger partial charge in [0.1, 0.15) is 10.7 Å².